The second kappa shape index (κ2) is 11.9. The molecule has 0 heterocycles. The van der Waals surface area contributed by atoms with E-state index >= 15 is 0 Å². The number of amides is 1. The summed E-state index contributed by atoms with van der Waals surface area (Å²) < 4.78 is 15.3. The van der Waals surface area contributed by atoms with Crippen LogP contribution in [0.2, 0.25) is 0 Å². The molecule has 0 radical (unpaired) electrons. The minimum atomic E-state index is -0.611. The van der Waals surface area contributed by atoms with E-state index in [1.54, 1.807) is 12.1 Å². The highest BCUT2D eigenvalue weighted by atomic mass is 16.6. The van der Waals surface area contributed by atoms with Gasteiger partial charge in [-0.3, -0.25) is 0 Å². The van der Waals surface area contributed by atoms with Gasteiger partial charge in [-0.25, -0.2) is 9.59 Å². The van der Waals surface area contributed by atoms with Crippen LogP contribution in [-0.4, -0.2) is 38.4 Å². The van der Waals surface area contributed by atoms with Crippen LogP contribution in [0.4, 0.5) is 4.79 Å². The molecule has 1 aromatic carbocycles. The summed E-state index contributed by atoms with van der Waals surface area (Å²) >= 11 is 0. The summed E-state index contributed by atoms with van der Waals surface area (Å²) in [7, 11) is 0. The summed E-state index contributed by atoms with van der Waals surface area (Å²) in [5.74, 6) is 0.409. The maximum Gasteiger partial charge on any atom is 0.412 e. The standard InChI is InChI=1S/C19H25NO5/c1-4-18(21)24-13-11-20-19(22)25-17-9-7-16(8-10-17)6-5-12-23-14-15(2)3/h4-10,15H,1,11-14H2,2-3H3,(H,20,22)/b6-5+. The van der Waals surface area contributed by atoms with Crippen molar-refractivity contribution in [2.75, 3.05) is 26.4 Å². The number of carbonyl (C=O) groups is 2. The molecule has 136 valence electrons. The molecule has 25 heavy (non-hydrogen) atoms. The molecule has 0 bridgehead atoms. The van der Waals surface area contributed by atoms with Gasteiger partial charge in [-0.15, -0.1) is 0 Å². The van der Waals surface area contributed by atoms with Crippen LogP contribution in [0, 0.1) is 5.92 Å². The Balaban J connectivity index is 2.28. The zero-order valence-electron chi connectivity index (χ0n) is 14.7. The van der Waals surface area contributed by atoms with Crippen molar-refractivity contribution in [3.8, 4) is 5.75 Å². The Morgan fingerprint density at radius 2 is 1.96 bits per heavy atom. The third-order valence-electron chi connectivity index (χ3n) is 2.85. The Hall–Kier alpha value is -2.60. The van der Waals surface area contributed by atoms with Crippen molar-refractivity contribution in [3.63, 3.8) is 0 Å². The second-order valence-electron chi connectivity index (χ2n) is 5.59. The second-order valence-corrected chi connectivity index (χ2v) is 5.59. The van der Waals surface area contributed by atoms with E-state index < -0.39 is 12.1 Å². The first kappa shape index (κ1) is 20.4. The maximum absolute atomic E-state index is 11.6. The van der Waals surface area contributed by atoms with E-state index in [1.807, 2.05) is 24.3 Å². The van der Waals surface area contributed by atoms with Gasteiger partial charge in [-0.1, -0.05) is 44.7 Å². The van der Waals surface area contributed by atoms with Gasteiger partial charge >= 0.3 is 12.1 Å². The Labute approximate surface area is 148 Å². The molecule has 0 saturated carbocycles. The summed E-state index contributed by atoms with van der Waals surface area (Å²) in [6.07, 6.45) is 4.33. The number of esters is 1. The van der Waals surface area contributed by atoms with Gasteiger partial charge < -0.3 is 19.5 Å². The number of ether oxygens (including phenoxy) is 3. The van der Waals surface area contributed by atoms with Gasteiger partial charge in [0.1, 0.15) is 12.4 Å². The third-order valence-corrected chi connectivity index (χ3v) is 2.85. The lowest BCUT2D eigenvalue weighted by molar-refractivity contribution is -0.137. The number of hydrogen-bond acceptors (Lipinski definition) is 5. The molecule has 0 fully saturated rings. The first-order chi connectivity index (χ1) is 12.0. The minimum absolute atomic E-state index is 0.0581. The lowest BCUT2D eigenvalue weighted by atomic mass is 10.2. The molecule has 0 saturated heterocycles. The van der Waals surface area contributed by atoms with Crippen LogP contribution in [-0.2, 0) is 14.3 Å². The fourth-order valence-electron chi connectivity index (χ4n) is 1.71. The molecular weight excluding hydrogens is 322 g/mol. The number of benzene rings is 1. The zero-order valence-corrected chi connectivity index (χ0v) is 14.7. The van der Waals surface area contributed by atoms with Gasteiger partial charge in [0.2, 0.25) is 0 Å². The van der Waals surface area contributed by atoms with Gasteiger partial charge in [-0.2, -0.15) is 0 Å². The molecule has 0 aliphatic carbocycles. The molecule has 0 aliphatic heterocycles. The van der Waals surface area contributed by atoms with Crippen LogP contribution in [0.3, 0.4) is 0 Å². The molecule has 0 aromatic heterocycles. The van der Waals surface area contributed by atoms with Crippen LogP contribution in [0.5, 0.6) is 5.75 Å². The molecular formula is C19H25NO5. The van der Waals surface area contributed by atoms with Crippen LogP contribution < -0.4 is 10.1 Å². The predicted molar refractivity (Wildman–Crippen MR) is 96.3 cm³/mol. The molecule has 1 amide bonds. The lowest BCUT2D eigenvalue weighted by Gasteiger charge is -2.07. The monoisotopic (exact) mass is 347 g/mol. The van der Waals surface area contributed by atoms with E-state index in [-0.39, 0.29) is 13.2 Å². The molecule has 0 unspecified atom stereocenters. The summed E-state index contributed by atoms with van der Waals surface area (Å²) in [5.41, 5.74) is 0.984. The molecule has 0 spiro atoms. The van der Waals surface area contributed by atoms with Gasteiger partial charge in [0.05, 0.1) is 13.2 Å². The summed E-state index contributed by atoms with van der Waals surface area (Å²) in [4.78, 5) is 22.4. The average molecular weight is 347 g/mol. The number of rotatable bonds is 10. The summed E-state index contributed by atoms with van der Waals surface area (Å²) in [5, 5.41) is 2.48. The molecule has 1 N–H and O–H groups in total. The van der Waals surface area contributed by atoms with E-state index in [1.165, 1.54) is 0 Å². The Bertz CT molecular complexity index is 578. The van der Waals surface area contributed by atoms with Gasteiger partial charge in [0.25, 0.3) is 0 Å². The Morgan fingerprint density at radius 3 is 2.60 bits per heavy atom. The fraction of sp³-hybridized carbons (Fsp3) is 0.368. The van der Waals surface area contributed by atoms with Crippen molar-refractivity contribution >= 4 is 18.1 Å². The molecule has 0 atom stereocenters. The van der Waals surface area contributed by atoms with E-state index in [0.717, 1.165) is 18.2 Å². The van der Waals surface area contributed by atoms with Crippen LogP contribution in [0.1, 0.15) is 19.4 Å². The highest BCUT2D eigenvalue weighted by Crippen LogP contribution is 2.13. The maximum atomic E-state index is 11.6. The Morgan fingerprint density at radius 1 is 1.24 bits per heavy atom. The van der Waals surface area contributed by atoms with E-state index in [4.69, 9.17) is 14.2 Å². The number of carbonyl (C=O) groups excluding carboxylic acids is 2. The van der Waals surface area contributed by atoms with Crippen molar-refractivity contribution in [2.45, 2.75) is 13.8 Å². The van der Waals surface area contributed by atoms with Crippen molar-refractivity contribution in [2.24, 2.45) is 5.92 Å². The lowest BCUT2D eigenvalue weighted by Crippen LogP contribution is -2.30. The van der Waals surface area contributed by atoms with Gasteiger partial charge in [-0.05, 0) is 23.6 Å². The first-order valence-corrected chi connectivity index (χ1v) is 8.10. The summed E-state index contributed by atoms with van der Waals surface area (Å²) in [6, 6.07) is 7.08. The smallest absolute Gasteiger partial charge is 0.412 e. The minimum Gasteiger partial charge on any atom is -0.461 e. The first-order valence-electron chi connectivity index (χ1n) is 8.10. The molecule has 6 nitrogen and oxygen atoms in total. The van der Waals surface area contributed by atoms with Crippen molar-refractivity contribution in [1.82, 2.24) is 5.32 Å². The van der Waals surface area contributed by atoms with Crippen molar-refractivity contribution in [3.05, 3.63) is 48.6 Å². The zero-order chi connectivity index (χ0) is 18.5. The van der Waals surface area contributed by atoms with Crippen molar-refractivity contribution in [1.29, 1.82) is 0 Å². The highest BCUT2D eigenvalue weighted by Gasteiger charge is 2.04. The number of nitrogens with one attached hydrogen (secondary N) is 1. The molecule has 6 heteroatoms. The van der Waals surface area contributed by atoms with E-state index in [0.29, 0.717) is 18.3 Å². The normalized spacial score (nSPS) is 10.7. The predicted octanol–water partition coefficient (Wildman–Crippen LogP) is 3.19. The van der Waals surface area contributed by atoms with Crippen LogP contribution in [0.25, 0.3) is 6.08 Å². The fourth-order valence-corrected chi connectivity index (χ4v) is 1.71. The van der Waals surface area contributed by atoms with Gasteiger partial charge in [0, 0.05) is 12.7 Å². The Kier molecular flexibility index (Phi) is 9.70. The van der Waals surface area contributed by atoms with E-state index in [2.05, 4.69) is 25.7 Å². The summed E-state index contributed by atoms with van der Waals surface area (Å²) in [6.45, 7) is 9.00. The largest absolute Gasteiger partial charge is 0.461 e. The topological polar surface area (TPSA) is 73.9 Å². The third kappa shape index (κ3) is 9.99. The highest BCUT2D eigenvalue weighted by molar-refractivity contribution is 5.81. The SMILES string of the molecule is C=CC(=O)OCCNC(=O)Oc1ccc(/C=C/COCC(C)C)cc1. The van der Waals surface area contributed by atoms with Crippen LogP contribution in [0.15, 0.2) is 43.0 Å². The molecule has 1 aromatic rings. The van der Waals surface area contributed by atoms with Crippen LogP contribution >= 0.6 is 0 Å². The molecule has 1 rings (SSSR count). The number of hydrogen-bond donors (Lipinski definition) is 1. The van der Waals surface area contributed by atoms with Gasteiger partial charge in [0.15, 0.2) is 0 Å². The molecule has 0 aliphatic rings. The average Bonchev–Trinajstić information content (AvgIpc) is 2.59. The van der Waals surface area contributed by atoms with Crippen molar-refractivity contribution < 1.29 is 23.8 Å². The van der Waals surface area contributed by atoms with E-state index in [9.17, 15) is 9.59 Å². The quantitative estimate of drug-likeness (QED) is 0.400.